The molecule has 0 spiro atoms. The fourth-order valence-electron chi connectivity index (χ4n) is 1.88. The Bertz CT molecular complexity index is 298. The molecule has 0 fully saturated rings. The van der Waals surface area contributed by atoms with Crippen LogP contribution in [0.5, 0.6) is 0 Å². The number of hydrogen-bond donors (Lipinski definition) is 1. The molecule has 0 aromatic rings. The lowest BCUT2D eigenvalue weighted by atomic mass is 9.90. The van der Waals surface area contributed by atoms with E-state index in [1.165, 1.54) is 30.4 Å². The number of aliphatic imine (C=N–C) groups is 1. The average Bonchev–Trinajstić information content (AvgIpc) is 2.34. The Balaban J connectivity index is 4.56. The minimum atomic E-state index is 0.727. The first-order chi connectivity index (χ1) is 8.06. The summed E-state index contributed by atoms with van der Waals surface area (Å²) in [4.78, 5) is 4.05. The van der Waals surface area contributed by atoms with Crippen molar-refractivity contribution in [3.8, 4) is 0 Å². The Morgan fingerprint density at radius 3 is 2.35 bits per heavy atom. The van der Waals surface area contributed by atoms with E-state index in [-0.39, 0.29) is 0 Å². The maximum Gasteiger partial charge on any atom is 0.0967 e. The SMILES string of the molecule is CCCC(CC)/C(C)=C(C)\C=C/NC(C)=NC. The molecule has 0 radical (unpaired) electrons. The van der Waals surface area contributed by atoms with Gasteiger partial charge in [-0.25, -0.2) is 0 Å². The van der Waals surface area contributed by atoms with Gasteiger partial charge in [0.1, 0.15) is 0 Å². The van der Waals surface area contributed by atoms with E-state index in [9.17, 15) is 0 Å². The van der Waals surface area contributed by atoms with Crippen molar-refractivity contribution in [1.82, 2.24) is 5.32 Å². The van der Waals surface area contributed by atoms with E-state index in [1.54, 1.807) is 7.05 Å². The Kier molecular flexibility index (Phi) is 8.47. The summed E-state index contributed by atoms with van der Waals surface area (Å²) in [6.07, 6.45) is 7.89. The van der Waals surface area contributed by atoms with Gasteiger partial charge in [-0.3, -0.25) is 4.99 Å². The molecule has 1 N–H and O–H groups in total. The van der Waals surface area contributed by atoms with Gasteiger partial charge in [0, 0.05) is 13.2 Å². The van der Waals surface area contributed by atoms with Gasteiger partial charge in [0.15, 0.2) is 0 Å². The Morgan fingerprint density at radius 1 is 1.24 bits per heavy atom. The highest BCUT2D eigenvalue weighted by molar-refractivity contribution is 5.80. The highest BCUT2D eigenvalue weighted by Crippen LogP contribution is 2.23. The van der Waals surface area contributed by atoms with Crippen molar-refractivity contribution in [2.24, 2.45) is 10.9 Å². The first-order valence-corrected chi connectivity index (χ1v) is 6.60. The fourth-order valence-corrected chi connectivity index (χ4v) is 1.88. The minimum absolute atomic E-state index is 0.727. The average molecular weight is 236 g/mol. The molecule has 0 aliphatic heterocycles. The standard InChI is InChI=1S/C15H28N2/c1-7-9-15(8-2)13(4)12(3)10-11-17-14(5)16-6/h10-11,15H,7-9H2,1-6H3,(H,16,17)/b11-10-,13-12-. The Labute approximate surface area is 107 Å². The zero-order valence-electron chi connectivity index (χ0n) is 12.3. The fraction of sp³-hybridized carbons (Fsp3) is 0.667. The summed E-state index contributed by atoms with van der Waals surface area (Å²) in [6, 6.07) is 0. The first kappa shape index (κ1) is 16.0. The second-order valence-electron chi connectivity index (χ2n) is 4.55. The Morgan fingerprint density at radius 2 is 1.88 bits per heavy atom. The predicted molar refractivity (Wildman–Crippen MR) is 78.4 cm³/mol. The number of amidine groups is 1. The third-order valence-electron chi connectivity index (χ3n) is 3.33. The largest absolute Gasteiger partial charge is 0.351 e. The second-order valence-corrected chi connectivity index (χ2v) is 4.55. The van der Waals surface area contributed by atoms with Gasteiger partial charge >= 0.3 is 0 Å². The molecule has 0 aromatic heterocycles. The van der Waals surface area contributed by atoms with Crippen molar-refractivity contribution in [3.63, 3.8) is 0 Å². The lowest BCUT2D eigenvalue weighted by Crippen LogP contribution is -2.12. The van der Waals surface area contributed by atoms with Crippen LogP contribution in [0.4, 0.5) is 0 Å². The van der Waals surface area contributed by atoms with Crippen molar-refractivity contribution in [2.75, 3.05) is 7.05 Å². The summed E-state index contributed by atoms with van der Waals surface area (Å²) in [5.74, 6) is 1.66. The van der Waals surface area contributed by atoms with E-state index in [2.05, 4.69) is 44.1 Å². The van der Waals surface area contributed by atoms with Crippen LogP contribution in [-0.2, 0) is 0 Å². The number of allylic oxidation sites excluding steroid dienone is 3. The zero-order chi connectivity index (χ0) is 13.3. The maximum absolute atomic E-state index is 4.05. The van der Waals surface area contributed by atoms with Gasteiger partial charge in [-0.15, -0.1) is 0 Å². The molecule has 0 bridgehead atoms. The molecule has 0 aliphatic carbocycles. The van der Waals surface area contributed by atoms with Crippen LogP contribution in [0.1, 0.15) is 53.9 Å². The van der Waals surface area contributed by atoms with Crippen LogP contribution in [-0.4, -0.2) is 12.9 Å². The molecule has 0 heterocycles. The van der Waals surface area contributed by atoms with Crippen LogP contribution in [0.15, 0.2) is 28.4 Å². The lowest BCUT2D eigenvalue weighted by molar-refractivity contribution is 0.531. The topological polar surface area (TPSA) is 24.4 Å². The van der Waals surface area contributed by atoms with E-state index in [0.717, 1.165) is 11.8 Å². The smallest absolute Gasteiger partial charge is 0.0967 e. The number of nitrogens with one attached hydrogen (secondary N) is 1. The van der Waals surface area contributed by atoms with Crippen LogP contribution >= 0.6 is 0 Å². The normalized spacial score (nSPS) is 16.0. The molecule has 0 aliphatic rings. The van der Waals surface area contributed by atoms with Crippen LogP contribution in [0.25, 0.3) is 0 Å². The molecule has 1 unspecified atom stereocenters. The van der Waals surface area contributed by atoms with Gasteiger partial charge in [0.2, 0.25) is 0 Å². The van der Waals surface area contributed by atoms with Gasteiger partial charge in [0.05, 0.1) is 5.84 Å². The molecule has 2 nitrogen and oxygen atoms in total. The molecule has 0 saturated carbocycles. The van der Waals surface area contributed by atoms with E-state index in [4.69, 9.17) is 0 Å². The summed E-state index contributed by atoms with van der Waals surface area (Å²) < 4.78 is 0. The maximum atomic E-state index is 4.05. The molecule has 1 atom stereocenters. The van der Waals surface area contributed by atoms with E-state index in [1.807, 2.05) is 13.1 Å². The number of nitrogens with zero attached hydrogens (tertiary/aromatic N) is 1. The van der Waals surface area contributed by atoms with Crippen molar-refractivity contribution in [3.05, 3.63) is 23.4 Å². The van der Waals surface area contributed by atoms with Crippen LogP contribution in [0.2, 0.25) is 0 Å². The van der Waals surface area contributed by atoms with Crippen molar-refractivity contribution >= 4 is 5.84 Å². The van der Waals surface area contributed by atoms with Crippen molar-refractivity contribution < 1.29 is 0 Å². The summed E-state index contributed by atoms with van der Waals surface area (Å²) in [7, 11) is 1.79. The summed E-state index contributed by atoms with van der Waals surface area (Å²) in [5.41, 5.74) is 2.88. The molecular formula is C15H28N2. The van der Waals surface area contributed by atoms with Gasteiger partial charge in [-0.05, 0) is 45.6 Å². The van der Waals surface area contributed by atoms with E-state index >= 15 is 0 Å². The third-order valence-corrected chi connectivity index (χ3v) is 3.33. The van der Waals surface area contributed by atoms with Crippen LogP contribution in [0, 0.1) is 5.92 Å². The third kappa shape index (κ3) is 6.30. The predicted octanol–water partition coefficient (Wildman–Crippen LogP) is 4.30. The van der Waals surface area contributed by atoms with E-state index in [0.29, 0.717) is 0 Å². The number of rotatable bonds is 6. The van der Waals surface area contributed by atoms with Gasteiger partial charge < -0.3 is 5.32 Å². The zero-order valence-corrected chi connectivity index (χ0v) is 12.3. The summed E-state index contributed by atoms with van der Waals surface area (Å²) in [6.45, 7) is 10.9. The van der Waals surface area contributed by atoms with Gasteiger partial charge in [-0.2, -0.15) is 0 Å². The molecule has 98 valence electrons. The molecule has 2 heteroatoms. The van der Waals surface area contributed by atoms with Crippen molar-refractivity contribution in [1.29, 1.82) is 0 Å². The minimum Gasteiger partial charge on any atom is -0.351 e. The second kappa shape index (κ2) is 9.03. The molecule has 0 aromatic carbocycles. The van der Waals surface area contributed by atoms with E-state index < -0.39 is 0 Å². The molecule has 0 amide bonds. The quantitative estimate of drug-likeness (QED) is 0.415. The highest BCUT2D eigenvalue weighted by atomic mass is 14.9. The first-order valence-electron chi connectivity index (χ1n) is 6.60. The monoisotopic (exact) mass is 236 g/mol. The highest BCUT2D eigenvalue weighted by Gasteiger charge is 2.08. The van der Waals surface area contributed by atoms with Gasteiger partial charge in [-0.1, -0.05) is 31.4 Å². The molecule has 0 saturated heterocycles. The Hall–Kier alpha value is -1.05. The lowest BCUT2D eigenvalue weighted by Gasteiger charge is -2.16. The van der Waals surface area contributed by atoms with Gasteiger partial charge in [0.25, 0.3) is 0 Å². The van der Waals surface area contributed by atoms with Crippen LogP contribution in [0.3, 0.4) is 0 Å². The molecule has 17 heavy (non-hydrogen) atoms. The number of hydrogen-bond acceptors (Lipinski definition) is 1. The summed E-state index contributed by atoms with van der Waals surface area (Å²) >= 11 is 0. The summed E-state index contributed by atoms with van der Waals surface area (Å²) in [5, 5.41) is 3.14. The molecular weight excluding hydrogens is 208 g/mol. The van der Waals surface area contributed by atoms with Crippen LogP contribution < -0.4 is 5.32 Å². The van der Waals surface area contributed by atoms with Crippen molar-refractivity contribution in [2.45, 2.75) is 53.9 Å². The molecule has 0 rings (SSSR count).